The normalized spacial score (nSPS) is 12.9. The van der Waals surface area contributed by atoms with Crippen LogP contribution in [-0.4, -0.2) is 15.8 Å². The van der Waals surface area contributed by atoms with Crippen LogP contribution in [0, 0.1) is 0 Å². The molecule has 0 spiro atoms. The van der Waals surface area contributed by atoms with Crippen LogP contribution in [0.4, 0.5) is 0 Å². The topological polar surface area (TPSA) is 9.86 Å². The van der Waals surface area contributed by atoms with Crippen LogP contribution in [0.15, 0.2) is 285 Å². The molecule has 95 heavy (non-hydrogen) atoms. The maximum Gasteiger partial charge on any atom is 0.252 e. The van der Waals surface area contributed by atoms with E-state index in [1.54, 1.807) is 0 Å². The highest BCUT2D eigenvalue weighted by Gasteiger charge is 2.44. The fraction of sp³-hybridized carbons (Fsp3) is 0.0870. The molecule has 18 aromatic rings. The predicted molar refractivity (Wildman–Crippen MR) is 409 cm³/mol. The van der Waals surface area contributed by atoms with Crippen LogP contribution in [0.2, 0.25) is 0 Å². The zero-order valence-electron chi connectivity index (χ0n) is 54.1. The van der Waals surface area contributed by atoms with Crippen LogP contribution in [-0.2, 0) is 10.8 Å². The number of aromatic nitrogens is 2. The van der Waals surface area contributed by atoms with Crippen molar-refractivity contribution in [2.45, 2.75) is 52.4 Å². The molecule has 0 N–H and O–H groups in total. The molecule has 2 aromatic heterocycles. The van der Waals surface area contributed by atoms with E-state index in [4.69, 9.17) is 0 Å². The Balaban J connectivity index is 1.06. The number of fused-ring (bicyclic) bond motifs is 24. The third-order valence-electron chi connectivity index (χ3n) is 21.7. The van der Waals surface area contributed by atoms with Crippen molar-refractivity contribution in [3.63, 3.8) is 0 Å². The Labute approximate surface area is 552 Å². The molecule has 4 heterocycles. The van der Waals surface area contributed by atoms with Gasteiger partial charge in [-0.05, 0) is 190 Å². The number of rotatable bonds is 5. The molecule has 3 heteroatoms. The molecular weight excluding hydrogens is 1140 g/mol. The Morgan fingerprint density at radius 2 is 0.653 bits per heavy atom. The van der Waals surface area contributed by atoms with Crippen molar-refractivity contribution in [1.29, 1.82) is 0 Å². The van der Waals surface area contributed by atoms with Gasteiger partial charge in [0.15, 0.2) is 0 Å². The fourth-order valence-corrected chi connectivity index (χ4v) is 17.5. The molecule has 0 aliphatic carbocycles. The van der Waals surface area contributed by atoms with E-state index in [-0.39, 0.29) is 17.5 Å². The van der Waals surface area contributed by atoms with Crippen molar-refractivity contribution < 1.29 is 0 Å². The lowest BCUT2D eigenvalue weighted by atomic mass is 9.34. The monoisotopic (exact) mass is 1210 g/mol. The molecule has 2 nitrogen and oxygen atoms in total. The van der Waals surface area contributed by atoms with Gasteiger partial charge >= 0.3 is 0 Å². The third-order valence-corrected chi connectivity index (χ3v) is 21.7. The van der Waals surface area contributed by atoms with E-state index in [9.17, 15) is 0 Å². The standard InChI is InChI=1S/C92H65BN2/c1-91(2,3)59-43-45-77-72(49-59)74-50-60(92(4,5)6)51-75-89(74)94(77)79-47-58(71-52-70(54-27-11-7-12-28-54)81(55-29-13-8-14-30-55)83(57-33-17-10-18-34-57)82(71)56-31-15-9-16-32-56)48-80-88(79)93(75)76-53-73-66-40-22-20-36-62(66)64-38-24-26-42-68(64)85(73)87-86-78(95(80)90(76)87)46-44-69-65-39-21-19-35-61(65)63-37-23-25-41-67(63)84(69)86/h7-53H,1-6H3. The first-order valence-electron chi connectivity index (χ1n) is 33.8. The summed E-state index contributed by atoms with van der Waals surface area (Å²) < 4.78 is 5.48. The van der Waals surface area contributed by atoms with Gasteiger partial charge in [0.1, 0.15) is 0 Å². The van der Waals surface area contributed by atoms with Crippen LogP contribution in [0.1, 0.15) is 52.7 Å². The van der Waals surface area contributed by atoms with Crippen molar-refractivity contribution in [2.75, 3.05) is 0 Å². The molecule has 0 saturated carbocycles. The summed E-state index contributed by atoms with van der Waals surface area (Å²) in [5, 5.41) is 20.6. The first-order valence-corrected chi connectivity index (χ1v) is 33.8. The maximum atomic E-state index is 2.77. The number of hydrogen-bond donors (Lipinski definition) is 0. The summed E-state index contributed by atoms with van der Waals surface area (Å²) in [7, 11) is 0. The molecule has 0 radical (unpaired) electrons. The Bertz CT molecular complexity index is 6340. The minimum atomic E-state index is -0.152. The Hall–Kier alpha value is -11.3. The third kappa shape index (κ3) is 7.58. The SMILES string of the molecule is CC(C)(C)c1ccc2c(c1)c1cc(C(C)(C)C)cc3c1n2-c1cc(-c2cc(-c4ccccc4)c(-c4ccccc4)c(-c4ccccc4)c2-c2ccccc2)cc2c1B3c1cc3c4ccccc4c4ccccc4c3c3c4c5c6ccccc6c6ccccc6c5ccc4n-2c13. The van der Waals surface area contributed by atoms with Crippen LogP contribution < -0.4 is 16.4 Å². The lowest BCUT2D eigenvalue weighted by Gasteiger charge is -2.35. The Kier molecular flexibility index (Phi) is 11.2. The van der Waals surface area contributed by atoms with Gasteiger partial charge in [-0.3, -0.25) is 0 Å². The van der Waals surface area contributed by atoms with E-state index in [0.717, 1.165) is 5.56 Å². The van der Waals surface area contributed by atoms with Crippen LogP contribution in [0.5, 0.6) is 0 Å². The fourth-order valence-electron chi connectivity index (χ4n) is 17.5. The molecule has 446 valence electrons. The summed E-state index contributed by atoms with van der Waals surface area (Å²) in [5.41, 5.74) is 25.8. The lowest BCUT2D eigenvalue weighted by Crippen LogP contribution is -2.59. The Morgan fingerprint density at radius 3 is 1.18 bits per heavy atom. The molecule has 0 bridgehead atoms. The second kappa shape index (κ2) is 19.7. The molecule has 0 unspecified atom stereocenters. The van der Waals surface area contributed by atoms with Crippen molar-refractivity contribution in [1.82, 2.24) is 9.13 Å². The van der Waals surface area contributed by atoms with Gasteiger partial charge in [0.2, 0.25) is 0 Å². The van der Waals surface area contributed by atoms with E-state index < -0.39 is 0 Å². The van der Waals surface area contributed by atoms with E-state index in [0.29, 0.717) is 0 Å². The number of hydrogen-bond acceptors (Lipinski definition) is 0. The smallest absolute Gasteiger partial charge is 0.252 e. The van der Waals surface area contributed by atoms with Crippen LogP contribution in [0.25, 0.3) is 175 Å². The highest BCUT2D eigenvalue weighted by Crippen LogP contribution is 2.54. The second-order valence-corrected chi connectivity index (χ2v) is 29.0. The van der Waals surface area contributed by atoms with Crippen molar-refractivity contribution in [2.24, 2.45) is 0 Å². The van der Waals surface area contributed by atoms with Crippen LogP contribution in [0.3, 0.4) is 0 Å². The summed E-state index contributed by atoms with van der Waals surface area (Å²) >= 11 is 0. The van der Waals surface area contributed by atoms with E-state index in [2.05, 4.69) is 336 Å². The minimum Gasteiger partial charge on any atom is -0.310 e. The largest absolute Gasteiger partial charge is 0.310 e. The highest BCUT2D eigenvalue weighted by atomic mass is 15.0. The predicted octanol–water partition coefficient (Wildman–Crippen LogP) is 22.9. The first-order chi connectivity index (χ1) is 46.5. The Morgan fingerprint density at radius 1 is 0.253 bits per heavy atom. The summed E-state index contributed by atoms with van der Waals surface area (Å²) in [6.45, 7) is 14.1. The van der Waals surface area contributed by atoms with Gasteiger partial charge in [-0.15, -0.1) is 0 Å². The molecule has 2 aliphatic heterocycles. The number of benzene rings is 16. The number of nitrogens with zero attached hydrogens (tertiary/aromatic N) is 2. The molecule has 20 rings (SSSR count). The van der Waals surface area contributed by atoms with E-state index in [1.165, 1.54) is 197 Å². The summed E-state index contributed by atoms with van der Waals surface area (Å²) in [6, 6.07) is 110. The van der Waals surface area contributed by atoms with Crippen LogP contribution >= 0.6 is 0 Å². The zero-order chi connectivity index (χ0) is 63.3. The average molecular weight is 1210 g/mol. The van der Waals surface area contributed by atoms with E-state index >= 15 is 0 Å². The molecule has 0 amide bonds. The van der Waals surface area contributed by atoms with Gasteiger partial charge in [-0.1, -0.05) is 284 Å². The molecule has 16 aromatic carbocycles. The highest BCUT2D eigenvalue weighted by molar-refractivity contribution is 7.00. The van der Waals surface area contributed by atoms with Crippen molar-refractivity contribution >= 4 is 131 Å². The maximum absolute atomic E-state index is 2.77. The summed E-state index contributed by atoms with van der Waals surface area (Å²) in [4.78, 5) is 0. The lowest BCUT2D eigenvalue weighted by molar-refractivity contribution is 0.590. The average Bonchev–Trinajstić information content (AvgIpc) is 1.54. The zero-order valence-corrected chi connectivity index (χ0v) is 54.1. The summed E-state index contributed by atoms with van der Waals surface area (Å²) in [6.07, 6.45) is 0. The molecule has 0 atom stereocenters. The first kappa shape index (κ1) is 54.3. The molecular formula is C92H65BN2. The quantitative estimate of drug-likeness (QED) is 0.120. The van der Waals surface area contributed by atoms with Gasteiger partial charge < -0.3 is 9.13 Å². The second-order valence-electron chi connectivity index (χ2n) is 29.0. The molecule has 0 saturated heterocycles. The van der Waals surface area contributed by atoms with Gasteiger partial charge in [-0.2, -0.15) is 0 Å². The van der Waals surface area contributed by atoms with Crippen molar-refractivity contribution in [3.8, 4) is 67.0 Å². The molecule has 2 aliphatic rings. The van der Waals surface area contributed by atoms with Gasteiger partial charge in [-0.25, -0.2) is 0 Å². The minimum absolute atomic E-state index is 0.0698. The van der Waals surface area contributed by atoms with Gasteiger partial charge in [0.05, 0.1) is 16.6 Å². The molecule has 0 fully saturated rings. The summed E-state index contributed by atoms with van der Waals surface area (Å²) in [5.74, 6) is 0. The van der Waals surface area contributed by atoms with Crippen molar-refractivity contribution in [3.05, 3.63) is 296 Å². The van der Waals surface area contributed by atoms with Gasteiger partial charge in [0, 0.05) is 49.2 Å². The van der Waals surface area contributed by atoms with Gasteiger partial charge in [0.25, 0.3) is 6.71 Å². The van der Waals surface area contributed by atoms with E-state index in [1.807, 2.05) is 0 Å².